The summed E-state index contributed by atoms with van der Waals surface area (Å²) in [6, 6.07) is 4.50. The van der Waals surface area contributed by atoms with E-state index in [1.54, 1.807) is 0 Å². The van der Waals surface area contributed by atoms with Gasteiger partial charge in [0, 0.05) is 57.7 Å². The first-order chi connectivity index (χ1) is 8.75. The largest absolute Gasteiger partial charge is 0.309 e. The highest BCUT2D eigenvalue weighted by molar-refractivity contribution is 5.12. The molecule has 1 aliphatic heterocycles. The number of likely N-dealkylation sites (N-methyl/N-ethyl adjacent to an activating group) is 1. The van der Waals surface area contributed by atoms with Crippen molar-refractivity contribution in [3.63, 3.8) is 0 Å². The van der Waals surface area contributed by atoms with E-state index < -0.39 is 0 Å². The number of rotatable bonds is 5. The highest BCUT2D eigenvalue weighted by Gasteiger charge is 2.13. The molecule has 0 spiro atoms. The number of hydrogen-bond donors (Lipinski definition) is 1. The molecule has 0 aromatic carbocycles. The second kappa shape index (κ2) is 6.83. The van der Waals surface area contributed by atoms with E-state index in [1.807, 2.05) is 18.5 Å². The van der Waals surface area contributed by atoms with Crippen LogP contribution in [-0.2, 0) is 0 Å². The third kappa shape index (κ3) is 4.05. The van der Waals surface area contributed by atoms with E-state index in [0.29, 0.717) is 6.04 Å². The standard InChI is InChI=1S/C14H24N4/c1-13(14-4-3-5-15-12-14)16-6-7-18-10-8-17(2)9-11-18/h3-5,12-13,16H,6-11H2,1-2H3/t13-/m0/s1. The molecule has 0 bridgehead atoms. The van der Waals surface area contributed by atoms with Crippen molar-refractivity contribution in [2.45, 2.75) is 13.0 Å². The summed E-state index contributed by atoms with van der Waals surface area (Å²) >= 11 is 0. The molecule has 0 unspecified atom stereocenters. The number of nitrogens with zero attached hydrogens (tertiary/aromatic N) is 3. The third-order valence-electron chi connectivity index (χ3n) is 3.66. The third-order valence-corrected chi connectivity index (χ3v) is 3.66. The first kappa shape index (κ1) is 13.5. The Morgan fingerprint density at radius 3 is 2.78 bits per heavy atom. The van der Waals surface area contributed by atoms with Crippen molar-refractivity contribution in [1.29, 1.82) is 0 Å². The van der Waals surface area contributed by atoms with Crippen LogP contribution in [0.25, 0.3) is 0 Å². The molecule has 0 radical (unpaired) electrons. The summed E-state index contributed by atoms with van der Waals surface area (Å²) in [5.74, 6) is 0. The summed E-state index contributed by atoms with van der Waals surface area (Å²) in [5.41, 5.74) is 1.26. The summed E-state index contributed by atoms with van der Waals surface area (Å²) in [6.45, 7) is 9.15. The van der Waals surface area contributed by atoms with Crippen molar-refractivity contribution in [3.8, 4) is 0 Å². The number of hydrogen-bond acceptors (Lipinski definition) is 4. The van der Waals surface area contributed by atoms with E-state index in [0.717, 1.165) is 13.1 Å². The minimum absolute atomic E-state index is 0.381. The van der Waals surface area contributed by atoms with Crippen molar-refractivity contribution in [1.82, 2.24) is 20.1 Å². The highest BCUT2D eigenvalue weighted by Crippen LogP contribution is 2.09. The molecule has 100 valence electrons. The zero-order valence-corrected chi connectivity index (χ0v) is 11.5. The Labute approximate surface area is 110 Å². The van der Waals surface area contributed by atoms with Gasteiger partial charge in [-0.3, -0.25) is 9.88 Å². The Bertz CT molecular complexity index is 333. The lowest BCUT2D eigenvalue weighted by atomic mass is 10.1. The quantitative estimate of drug-likeness (QED) is 0.842. The van der Waals surface area contributed by atoms with Crippen molar-refractivity contribution < 1.29 is 0 Å². The molecule has 4 nitrogen and oxygen atoms in total. The van der Waals surface area contributed by atoms with Crippen molar-refractivity contribution in [2.75, 3.05) is 46.3 Å². The monoisotopic (exact) mass is 248 g/mol. The van der Waals surface area contributed by atoms with Gasteiger partial charge in [-0.15, -0.1) is 0 Å². The molecular formula is C14H24N4. The van der Waals surface area contributed by atoms with Crippen LogP contribution in [0.4, 0.5) is 0 Å². The zero-order valence-electron chi connectivity index (χ0n) is 11.5. The molecule has 1 aromatic rings. The number of nitrogens with one attached hydrogen (secondary N) is 1. The van der Waals surface area contributed by atoms with Crippen LogP contribution in [0.15, 0.2) is 24.5 Å². The van der Waals surface area contributed by atoms with Crippen molar-refractivity contribution >= 4 is 0 Å². The molecule has 1 aliphatic rings. The average Bonchev–Trinajstić information content (AvgIpc) is 2.42. The second-order valence-corrected chi connectivity index (χ2v) is 5.11. The Morgan fingerprint density at radius 1 is 1.33 bits per heavy atom. The number of piperazine rings is 1. The van der Waals surface area contributed by atoms with E-state index in [4.69, 9.17) is 0 Å². The highest BCUT2D eigenvalue weighted by atomic mass is 15.2. The van der Waals surface area contributed by atoms with Gasteiger partial charge < -0.3 is 10.2 Å². The molecule has 0 aliphatic carbocycles. The van der Waals surface area contributed by atoms with Crippen molar-refractivity contribution in [2.24, 2.45) is 0 Å². The fraction of sp³-hybridized carbons (Fsp3) is 0.643. The SMILES string of the molecule is C[C@H](NCCN1CCN(C)CC1)c1cccnc1. The molecule has 1 N–H and O–H groups in total. The fourth-order valence-electron chi connectivity index (χ4n) is 2.26. The lowest BCUT2D eigenvalue weighted by Gasteiger charge is -2.32. The summed E-state index contributed by atoms with van der Waals surface area (Å²) in [5, 5.41) is 3.56. The lowest BCUT2D eigenvalue weighted by molar-refractivity contribution is 0.154. The second-order valence-electron chi connectivity index (χ2n) is 5.11. The average molecular weight is 248 g/mol. The van der Waals surface area contributed by atoms with E-state index in [-0.39, 0.29) is 0 Å². The maximum Gasteiger partial charge on any atom is 0.0315 e. The first-order valence-corrected chi connectivity index (χ1v) is 6.80. The van der Waals surface area contributed by atoms with E-state index in [9.17, 15) is 0 Å². The molecule has 1 atom stereocenters. The van der Waals surface area contributed by atoms with Gasteiger partial charge in [0.1, 0.15) is 0 Å². The lowest BCUT2D eigenvalue weighted by Crippen LogP contribution is -2.46. The molecule has 4 heteroatoms. The number of aromatic nitrogens is 1. The van der Waals surface area contributed by atoms with Gasteiger partial charge in [0.2, 0.25) is 0 Å². The number of pyridine rings is 1. The Hall–Kier alpha value is -0.970. The van der Waals surface area contributed by atoms with Gasteiger partial charge in [0.05, 0.1) is 0 Å². The van der Waals surface area contributed by atoms with Crippen LogP contribution in [0.3, 0.4) is 0 Å². The summed E-state index contributed by atoms with van der Waals surface area (Å²) in [4.78, 5) is 9.08. The van der Waals surface area contributed by atoms with E-state index in [1.165, 1.54) is 31.7 Å². The molecule has 2 heterocycles. The van der Waals surface area contributed by atoms with Crippen LogP contribution < -0.4 is 5.32 Å². The van der Waals surface area contributed by atoms with Crippen LogP contribution in [-0.4, -0.2) is 61.1 Å². The molecule has 0 saturated carbocycles. The predicted molar refractivity (Wildman–Crippen MR) is 74.6 cm³/mol. The molecule has 1 fully saturated rings. The predicted octanol–water partition coefficient (Wildman–Crippen LogP) is 0.980. The minimum Gasteiger partial charge on any atom is -0.309 e. The fourth-order valence-corrected chi connectivity index (χ4v) is 2.26. The van der Waals surface area contributed by atoms with E-state index >= 15 is 0 Å². The molecule has 0 amide bonds. The first-order valence-electron chi connectivity index (χ1n) is 6.80. The van der Waals surface area contributed by atoms with Crippen LogP contribution in [0, 0.1) is 0 Å². The maximum absolute atomic E-state index is 4.16. The van der Waals surface area contributed by atoms with Gasteiger partial charge in [-0.2, -0.15) is 0 Å². The molecular weight excluding hydrogens is 224 g/mol. The van der Waals surface area contributed by atoms with Crippen LogP contribution >= 0.6 is 0 Å². The van der Waals surface area contributed by atoms with Crippen LogP contribution in [0.5, 0.6) is 0 Å². The van der Waals surface area contributed by atoms with Gasteiger partial charge in [-0.1, -0.05) is 6.07 Å². The molecule has 2 rings (SSSR count). The Balaban J connectivity index is 1.66. The van der Waals surface area contributed by atoms with Gasteiger partial charge >= 0.3 is 0 Å². The van der Waals surface area contributed by atoms with E-state index in [2.05, 4.69) is 40.1 Å². The molecule has 1 saturated heterocycles. The molecule has 1 aromatic heterocycles. The maximum atomic E-state index is 4.16. The summed E-state index contributed by atoms with van der Waals surface area (Å²) in [6.07, 6.45) is 3.76. The van der Waals surface area contributed by atoms with Gasteiger partial charge in [-0.25, -0.2) is 0 Å². The zero-order chi connectivity index (χ0) is 12.8. The van der Waals surface area contributed by atoms with Crippen LogP contribution in [0.2, 0.25) is 0 Å². The van der Waals surface area contributed by atoms with Crippen LogP contribution in [0.1, 0.15) is 18.5 Å². The van der Waals surface area contributed by atoms with Crippen molar-refractivity contribution in [3.05, 3.63) is 30.1 Å². The minimum atomic E-state index is 0.381. The Kier molecular flexibility index (Phi) is 5.11. The van der Waals surface area contributed by atoms with Gasteiger partial charge in [0.25, 0.3) is 0 Å². The topological polar surface area (TPSA) is 31.4 Å². The summed E-state index contributed by atoms with van der Waals surface area (Å²) < 4.78 is 0. The smallest absolute Gasteiger partial charge is 0.0315 e. The normalized spacial score (nSPS) is 19.9. The molecule has 18 heavy (non-hydrogen) atoms. The van der Waals surface area contributed by atoms with Gasteiger partial charge in [-0.05, 0) is 25.6 Å². The van der Waals surface area contributed by atoms with Gasteiger partial charge in [0.15, 0.2) is 0 Å². The summed E-state index contributed by atoms with van der Waals surface area (Å²) in [7, 11) is 2.19. The Morgan fingerprint density at radius 2 is 2.11 bits per heavy atom.